The number of carbonyl (C=O) groups excluding carboxylic acids is 3. The second-order valence-corrected chi connectivity index (χ2v) is 12.3. The Bertz CT molecular complexity index is 1250. The Hall–Kier alpha value is -2.95. The van der Waals surface area contributed by atoms with E-state index in [2.05, 4.69) is 5.32 Å². The number of benzene rings is 2. The molecule has 2 unspecified atom stereocenters. The molecule has 0 radical (unpaired) electrons. The van der Waals surface area contributed by atoms with Crippen molar-refractivity contribution in [2.75, 3.05) is 19.5 Å². The van der Waals surface area contributed by atoms with Crippen LogP contribution in [-0.2, 0) is 25.7 Å². The van der Waals surface area contributed by atoms with Gasteiger partial charge in [0.2, 0.25) is 5.91 Å². The number of nitrogens with one attached hydrogen (secondary N) is 1. The zero-order valence-electron chi connectivity index (χ0n) is 22.4. The van der Waals surface area contributed by atoms with Crippen molar-refractivity contribution in [2.45, 2.75) is 60.6 Å². The fourth-order valence-corrected chi connectivity index (χ4v) is 7.77. The van der Waals surface area contributed by atoms with E-state index >= 15 is 0 Å². The average Bonchev–Trinajstić information content (AvgIpc) is 3.01. The van der Waals surface area contributed by atoms with Crippen LogP contribution in [0.25, 0.3) is 0 Å². The van der Waals surface area contributed by atoms with Gasteiger partial charge in [0.05, 0.1) is 19.5 Å². The summed E-state index contributed by atoms with van der Waals surface area (Å²) in [5.74, 6) is -0.304. The fraction of sp³-hybridized carbons (Fsp3) is 0.433. The number of fused-ring (bicyclic) bond motifs is 1. The van der Waals surface area contributed by atoms with Gasteiger partial charge in [-0.2, -0.15) is 0 Å². The number of esters is 1. The summed E-state index contributed by atoms with van der Waals surface area (Å²) in [6.07, 6.45) is 5.23. The average molecular weight is 583 g/mol. The second kappa shape index (κ2) is 12.7. The molecule has 0 aromatic heterocycles. The van der Waals surface area contributed by atoms with Crippen LogP contribution >= 0.6 is 23.5 Å². The molecule has 10 heteroatoms. The molecule has 0 spiro atoms. The molecule has 3 atom stereocenters. The number of methoxy groups -OCH3 is 1. The molecule has 1 saturated carbocycles. The molecular formula is C30H34N2O6S2. The monoisotopic (exact) mass is 582 g/mol. The standard InChI is InChI=1S/C30H34N2O6S2/c1-37-22-14-12-20(13-15-22)16-38-27(35)26-24(21-8-4-2-5-9-21)17-40-29-30(19-33,28(36)32(26)29)31-25(34)18-39-23-10-6-3-7-11-23/h3,6-7,10-15,17,21,26,29,33H,2,4-5,8-9,16,18-19H2,1H3,(H,31,34)/t26?,29-,30?/m0/s1. The normalized spacial score (nSPS) is 24.4. The third-order valence-corrected chi connectivity index (χ3v) is 10.1. The summed E-state index contributed by atoms with van der Waals surface area (Å²) in [5.41, 5.74) is 0.218. The van der Waals surface area contributed by atoms with Crippen LogP contribution in [0.5, 0.6) is 5.75 Å². The molecule has 2 heterocycles. The Morgan fingerprint density at radius 2 is 1.82 bits per heavy atom. The van der Waals surface area contributed by atoms with E-state index in [1.54, 1.807) is 19.2 Å². The van der Waals surface area contributed by atoms with Gasteiger partial charge in [-0.25, -0.2) is 4.79 Å². The van der Waals surface area contributed by atoms with E-state index in [0.29, 0.717) is 5.75 Å². The van der Waals surface area contributed by atoms with Crippen molar-refractivity contribution >= 4 is 41.3 Å². The number of amides is 2. The highest BCUT2D eigenvalue weighted by atomic mass is 32.2. The number of thioether (sulfide) groups is 2. The molecule has 40 heavy (non-hydrogen) atoms. The lowest BCUT2D eigenvalue weighted by atomic mass is 9.78. The Labute approximate surface area is 242 Å². The summed E-state index contributed by atoms with van der Waals surface area (Å²) in [6, 6.07) is 15.9. The molecular weight excluding hydrogens is 548 g/mol. The first kappa shape index (κ1) is 28.6. The molecule has 2 amide bonds. The van der Waals surface area contributed by atoms with Gasteiger partial charge in [-0.15, -0.1) is 23.5 Å². The smallest absolute Gasteiger partial charge is 0.333 e. The predicted octanol–water partition coefficient (Wildman–Crippen LogP) is 4.13. The molecule has 2 aromatic rings. The van der Waals surface area contributed by atoms with Crippen LogP contribution in [0.2, 0.25) is 0 Å². The van der Waals surface area contributed by atoms with Gasteiger partial charge in [-0.1, -0.05) is 49.6 Å². The van der Waals surface area contributed by atoms with Gasteiger partial charge in [0.15, 0.2) is 11.6 Å². The van der Waals surface area contributed by atoms with Gasteiger partial charge in [0.25, 0.3) is 5.91 Å². The number of aliphatic hydroxyl groups excluding tert-OH is 1. The van der Waals surface area contributed by atoms with E-state index in [-0.39, 0.29) is 24.2 Å². The van der Waals surface area contributed by atoms with E-state index in [4.69, 9.17) is 9.47 Å². The Kier molecular flexibility index (Phi) is 9.07. The van der Waals surface area contributed by atoms with Gasteiger partial charge in [-0.3, -0.25) is 9.59 Å². The predicted molar refractivity (Wildman–Crippen MR) is 155 cm³/mol. The molecule has 3 aliphatic rings. The number of ether oxygens (including phenoxy) is 2. The van der Waals surface area contributed by atoms with Crippen molar-refractivity contribution in [2.24, 2.45) is 5.92 Å². The fourth-order valence-electron chi connectivity index (χ4n) is 5.63. The number of nitrogens with zero attached hydrogens (tertiary/aromatic N) is 1. The van der Waals surface area contributed by atoms with E-state index in [9.17, 15) is 19.5 Å². The first-order chi connectivity index (χ1) is 19.5. The van der Waals surface area contributed by atoms with Gasteiger partial charge in [0, 0.05) is 4.90 Å². The minimum Gasteiger partial charge on any atom is -0.497 e. The topological polar surface area (TPSA) is 105 Å². The first-order valence-corrected chi connectivity index (χ1v) is 15.5. The summed E-state index contributed by atoms with van der Waals surface area (Å²) < 4.78 is 11.0. The quantitative estimate of drug-likeness (QED) is 0.245. The van der Waals surface area contributed by atoms with Crippen molar-refractivity contribution in [3.63, 3.8) is 0 Å². The van der Waals surface area contributed by atoms with E-state index in [1.807, 2.05) is 47.9 Å². The zero-order chi connectivity index (χ0) is 28.1. The summed E-state index contributed by atoms with van der Waals surface area (Å²) in [6.45, 7) is -0.488. The maximum atomic E-state index is 13.7. The summed E-state index contributed by atoms with van der Waals surface area (Å²) in [4.78, 5) is 42.7. The van der Waals surface area contributed by atoms with E-state index < -0.39 is 35.4 Å². The van der Waals surface area contributed by atoms with E-state index in [1.165, 1.54) is 28.4 Å². The number of rotatable bonds is 10. The van der Waals surface area contributed by atoms with Crippen LogP contribution in [0.1, 0.15) is 37.7 Å². The number of β-lactam (4-membered cyclic amide) rings is 1. The third kappa shape index (κ3) is 5.75. The van der Waals surface area contributed by atoms with Crippen LogP contribution < -0.4 is 10.1 Å². The molecule has 1 aliphatic carbocycles. The molecule has 8 nitrogen and oxygen atoms in total. The molecule has 0 bridgehead atoms. The van der Waals surface area contributed by atoms with Gasteiger partial charge < -0.3 is 24.8 Å². The van der Waals surface area contributed by atoms with Crippen molar-refractivity contribution in [3.05, 3.63) is 71.1 Å². The summed E-state index contributed by atoms with van der Waals surface area (Å²) in [5, 5.41) is 14.6. The Morgan fingerprint density at radius 3 is 2.50 bits per heavy atom. The maximum Gasteiger partial charge on any atom is 0.333 e. The highest BCUT2D eigenvalue weighted by Crippen LogP contribution is 2.49. The lowest BCUT2D eigenvalue weighted by Crippen LogP contribution is -2.83. The highest BCUT2D eigenvalue weighted by Gasteiger charge is 2.66. The molecule has 1 saturated heterocycles. The molecule has 2 N–H and O–H groups in total. The number of hydrogen-bond donors (Lipinski definition) is 2. The molecule has 2 fully saturated rings. The first-order valence-electron chi connectivity index (χ1n) is 13.5. The molecule has 2 aromatic carbocycles. The van der Waals surface area contributed by atoms with Crippen molar-refractivity contribution < 1.29 is 29.0 Å². The molecule has 212 valence electrons. The number of aliphatic hydroxyl groups is 1. The van der Waals surface area contributed by atoms with Crippen molar-refractivity contribution in [3.8, 4) is 5.75 Å². The minimum absolute atomic E-state index is 0.0652. The summed E-state index contributed by atoms with van der Waals surface area (Å²) in [7, 11) is 1.59. The SMILES string of the molecule is COc1ccc(COC(=O)C2C(C3CCCCC3)=CS[C@@H]3N2C(=O)C3(CO)NC(=O)CSc2ccccc2)cc1. The summed E-state index contributed by atoms with van der Waals surface area (Å²) >= 11 is 2.74. The van der Waals surface area contributed by atoms with Crippen LogP contribution in [-0.4, -0.2) is 64.2 Å². The van der Waals surface area contributed by atoms with Crippen LogP contribution in [0.3, 0.4) is 0 Å². The second-order valence-electron chi connectivity index (χ2n) is 10.3. The molecule has 2 aliphatic heterocycles. The Balaban J connectivity index is 1.33. The Morgan fingerprint density at radius 1 is 1.10 bits per heavy atom. The molecule has 5 rings (SSSR count). The highest BCUT2D eigenvalue weighted by molar-refractivity contribution is 8.03. The largest absolute Gasteiger partial charge is 0.497 e. The van der Waals surface area contributed by atoms with Gasteiger partial charge in [0.1, 0.15) is 17.7 Å². The van der Waals surface area contributed by atoms with Crippen LogP contribution in [0.15, 0.2) is 70.5 Å². The van der Waals surface area contributed by atoms with Crippen molar-refractivity contribution in [1.29, 1.82) is 0 Å². The lowest BCUT2D eigenvalue weighted by Gasteiger charge is -2.58. The third-order valence-electron chi connectivity index (χ3n) is 7.78. The number of carbonyl (C=O) groups is 3. The number of hydrogen-bond acceptors (Lipinski definition) is 8. The zero-order valence-corrected chi connectivity index (χ0v) is 24.0. The van der Waals surface area contributed by atoms with Gasteiger partial charge >= 0.3 is 5.97 Å². The van der Waals surface area contributed by atoms with Crippen LogP contribution in [0.4, 0.5) is 0 Å². The maximum absolute atomic E-state index is 13.7. The minimum atomic E-state index is -1.48. The van der Waals surface area contributed by atoms with Crippen LogP contribution in [0, 0.1) is 5.92 Å². The van der Waals surface area contributed by atoms with Crippen molar-refractivity contribution in [1.82, 2.24) is 10.2 Å². The van der Waals surface area contributed by atoms with E-state index in [0.717, 1.165) is 48.1 Å². The lowest BCUT2D eigenvalue weighted by molar-refractivity contribution is -0.174. The van der Waals surface area contributed by atoms with Gasteiger partial charge in [-0.05, 0) is 59.6 Å².